The Balaban J connectivity index is 1.96. The summed E-state index contributed by atoms with van der Waals surface area (Å²) in [4.78, 5) is 2.24. The fraction of sp³-hybridized carbons (Fsp3) is 0.909. The summed E-state index contributed by atoms with van der Waals surface area (Å²) in [6.07, 6.45) is 6.15. The van der Waals surface area contributed by atoms with Crippen LogP contribution in [0.25, 0.3) is 0 Å². The summed E-state index contributed by atoms with van der Waals surface area (Å²) in [6, 6.07) is 3.08. The molecule has 0 amide bonds. The standard InChI is InChI=1S/C11H19N3/c1-14-7-6-11(8-12,9-14)13-10-4-2-3-5-10/h10,13H,2-7,9H2,1H3. The molecule has 0 spiro atoms. The Kier molecular flexibility index (Phi) is 2.76. The highest BCUT2D eigenvalue weighted by atomic mass is 15.2. The van der Waals surface area contributed by atoms with E-state index in [0.717, 1.165) is 19.5 Å². The third kappa shape index (κ3) is 1.92. The number of hydrogen-bond donors (Lipinski definition) is 1. The van der Waals surface area contributed by atoms with E-state index in [1.807, 2.05) is 0 Å². The number of likely N-dealkylation sites (N-methyl/N-ethyl adjacent to an activating group) is 1. The van der Waals surface area contributed by atoms with Gasteiger partial charge in [-0.1, -0.05) is 12.8 Å². The molecule has 2 rings (SSSR count). The van der Waals surface area contributed by atoms with Crippen LogP contribution in [0, 0.1) is 11.3 Å². The molecular formula is C11H19N3. The van der Waals surface area contributed by atoms with Crippen molar-refractivity contribution in [3.63, 3.8) is 0 Å². The molecule has 1 heterocycles. The quantitative estimate of drug-likeness (QED) is 0.714. The molecule has 3 nitrogen and oxygen atoms in total. The first-order valence-corrected chi connectivity index (χ1v) is 5.62. The Morgan fingerprint density at radius 3 is 2.64 bits per heavy atom. The predicted octanol–water partition coefficient (Wildman–Crippen LogP) is 1.12. The first-order chi connectivity index (χ1) is 6.74. The minimum atomic E-state index is -0.246. The maximum Gasteiger partial charge on any atom is 0.120 e. The lowest BCUT2D eigenvalue weighted by molar-refractivity contribution is 0.335. The molecule has 0 aromatic heterocycles. The summed E-state index contributed by atoms with van der Waals surface area (Å²) in [5.41, 5.74) is -0.246. The van der Waals surface area contributed by atoms with Gasteiger partial charge in [0.25, 0.3) is 0 Å². The van der Waals surface area contributed by atoms with Gasteiger partial charge in [0, 0.05) is 19.1 Å². The van der Waals surface area contributed by atoms with E-state index in [0.29, 0.717) is 6.04 Å². The van der Waals surface area contributed by atoms with Crippen LogP contribution in [-0.4, -0.2) is 36.6 Å². The molecular weight excluding hydrogens is 174 g/mol. The third-order valence-electron chi connectivity index (χ3n) is 3.51. The molecule has 1 aliphatic heterocycles. The highest BCUT2D eigenvalue weighted by Crippen LogP contribution is 2.25. The average molecular weight is 193 g/mol. The van der Waals surface area contributed by atoms with Crippen LogP contribution in [0.4, 0.5) is 0 Å². The van der Waals surface area contributed by atoms with Crippen LogP contribution in [0.15, 0.2) is 0 Å². The fourth-order valence-corrected chi connectivity index (χ4v) is 2.70. The summed E-state index contributed by atoms with van der Waals surface area (Å²) in [7, 11) is 2.09. The summed E-state index contributed by atoms with van der Waals surface area (Å²) < 4.78 is 0. The average Bonchev–Trinajstić information content (AvgIpc) is 2.77. The van der Waals surface area contributed by atoms with Gasteiger partial charge in [0.1, 0.15) is 5.54 Å². The number of nitrogens with one attached hydrogen (secondary N) is 1. The van der Waals surface area contributed by atoms with Crippen molar-refractivity contribution < 1.29 is 0 Å². The fourth-order valence-electron chi connectivity index (χ4n) is 2.70. The molecule has 1 saturated carbocycles. The molecule has 2 fully saturated rings. The number of hydrogen-bond acceptors (Lipinski definition) is 3. The maximum absolute atomic E-state index is 9.26. The van der Waals surface area contributed by atoms with Crippen molar-refractivity contribution >= 4 is 0 Å². The molecule has 1 N–H and O–H groups in total. The van der Waals surface area contributed by atoms with E-state index in [4.69, 9.17) is 0 Å². The molecule has 1 saturated heterocycles. The van der Waals surface area contributed by atoms with Gasteiger partial charge < -0.3 is 4.90 Å². The van der Waals surface area contributed by atoms with Crippen LogP contribution >= 0.6 is 0 Å². The van der Waals surface area contributed by atoms with Crippen molar-refractivity contribution in [3.8, 4) is 6.07 Å². The highest BCUT2D eigenvalue weighted by Gasteiger charge is 2.38. The van der Waals surface area contributed by atoms with E-state index < -0.39 is 0 Å². The molecule has 0 aromatic carbocycles. The molecule has 2 aliphatic rings. The molecule has 0 aromatic rings. The lowest BCUT2D eigenvalue weighted by atomic mass is 9.99. The Hall–Kier alpha value is -0.590. The zero-order valence-corrected chi connectivity index (χ0v) is 8.92. The van der Waals surface area contributed by atoms with Gasteiger partial charge in [-0.15, -0.1) is 0 Å². The Labute approximate surface area is 86.1 Å². The van der Waals surface area contributed by atoms with Gasteiger partial charge in [-0.05, 0) is 26.3 Å². The summed E-state index contributed by atoms with van der Waals surface area (Å²) in [5, 5.41) is 12.8. The van der Waals surface area contributed by atoms with Crippen LogP contribution in [0.1, 0.15) is 32.1 Å². The molecule has 1 atom stereocenters. The zero-order chi connectivity index (χ0) is 10.0. The van der Waals surface area contributed by atoms with E-state index in [-0.39, 0.29) is 5.54 Å². The molecule has 0 bridgehead atoms. The minimum absolute atomic E-state index is 0.246. The van der Waals surface area contributed by atoms with E-state index in [2.05, 4.69) is 23.3 Å². The lowest BCUT2D eigenvalue weighted by Crippen LogP contribution is -2.50. The molecule has 0 radical (unpaired) electrons. The second-order valence-electron chi connectivity index (χ2n) is 4.81. The Morgan fingerprint density at radius 2 is 2.14 bits per heavy atom. The molecule has 78 valence electrons. The van der Waals surface area contributed by atoms with Crippen molar-refractivity contribution in [1.29, 1.82) is 5.26 Å². The lowest BCUT2D eigenvalue weighted by Gasteiger charge is -2.26. The van der Waals surface area contributed by atoms with Crippen LogP contribution in [0.3, 0.4) is 0 Å². The summed E-state index contributed by atoms with van der Waals surface area (Å²) in [6.45, 7) is 1.94. The van der Waals surface area contributed by atoms with E-state index >= 15 is 0 Å². The van der Waals surface area contributed by atoms with Crippen molar-refractivity contribution in [2.45, 2.75) is 43.7 Å². The van der Waals surface area contributed by atoms with Crippen LogP contribution in [0.5, 0.6) is 0 Å². The van der Waals surface area contributed by atoms with Gasteiger partial charge in [0.15, 0.2) is 0 Å². The number of nitriles is 1. The van der Waals surface area contributed by atoms with Crippen molar-refractivity contribution in [2.24, 2.45) is 0 Å². The van der Waals surface area contributed by atoms with Gasteiger partial charge in [-0.25, -0.2) is 0 Å². The Morgan fingerprint density at radius 1 is 1.43 bits per heavy atom. The summed E-state index contributed by atoms with van der Waals surface area (Å²) >= 11 is 0. The first kappa shape index (κ1) is 9.95. The van der Waals surface area contributed by atoms with Gasteiger partial charge in [0.2, 0.25) is 0 Å². The third-order valence-corrected chi connectivity index (χ3v) is 3.51. The second-order valence-corrected chi connectivity index (χ2v) is 4.81. The molecule has 14 heavy (non-hydrogen) atoms. The van der Waals surface area contributed by atoms with Gasteiger partial charge in [0.05, 0.1) is 6.07 Å². The van der Waals surface area contributed by atoms with Crippen LogP contribution < -0.4 is 5.32 Å². The number of nitrogens with zero attached hydrogens (tertiary/aromatic N) is 2. The topological polar surface area (TPSA) is 39.1 Å². The molecule has 1 unspecified atom stereocenters. The van der Waals surface area contributed by atoms with Gasteiger partial charge in [-0.3, -0.25) is 5.32 Å². The van der Waals surface area contributed by atoms with E-state index in [1.165, 1.54) is 25.7 Å². The van der Waals surface area contributed by atoms with Gasteiger partial charge >= 0.3 is 0 Å². The normalized spacial score (nSPS) is 34.9. The van der Waals surface area contributed by atoms with Crippen molar-refractivity contribution in [1.82, 2.24) is 10.2 Å². The molecule has 3 heteroatoms. The maximum atomic E-state index is 9.26. The molecule has 1 aliphatic carbocycles. The van der Waals surface area contributed by atoms with Crippen molar-refractivity contribution in [2.75, 3.05) is 20.1 Å². The minimum Gasteiger partial charge on any atom is -0.303 e. The number of rotatable bonds is 2. The smallest absolute Gasteiger partial charge is 0.120 e. The van der Waals surface area contributed by atoms with Crippen LogP contribution in [-0.2, 0) is 0 Å². The highest BCUT2D eigenvalue weighted by molar-refractivity contribution is 5.13. The summed E-state index contributed by atoms with van der Waals surface area (Å²) in [5.74, 6) is 0. The second kappa shape index (κ2) is 3.88. The number of likely N-dealkylation sites (tertiary alicyclic amines) is 1. The van der Waals surface area contributed by atoms with Crippen molar-refractivity contribution in [3.05, 3.63) is 0 Å². The predicted molar refractivity (Wildman–Crippen MR) is 55.8 cm³/mol. The van der Waals surface area contributed by atoms with Crippen LogP contribution in [0.2, 0.25) is 0 Å². The monoisotopic (exact) mass is 193 g/mol. The largest absolute Gasteiger partial charge is 0.303 e. The Bertz CT molecular complexity index is 239. The van der Waals surface area contributed by atoms with Gasteiger partial charge in [-0.2, -0.15) is 5.26 Å². The first-order valence-electron chi connectivity index (χ1n) is 5.62. The SMILES string of the molecule is CN1CCC(C#N)(NC2CCCC2)C1. The van der Waals surface area contributed by atoms with E-state index in [9.17, 15) is 5.26 Å². The zero-order valence-electron chi connectivity index (χ0n) is 8.92. The van der Waals surface area contributed by atoms with E-state index in [1.54, 1.807) is 0 Å².